The van der Waals surface area contributed by atoms with Crippen molar-refractivity contribution >= 4 is 31.3 Å². The fraction of sp³-hybridized carbons (Fsp3) is 0.300. The third-order valence-corrected chi connectivity index (χ3v) is 7.30. The van der Waals surface area contributed by atoms with Gasteiger partial charge in [-0.3, -0.25) is 4.84 Å². The molecular weight excluding hydrogens is 382 g/mol. The van der Waals surface area contributed by atoms with Gasteiger partial charge in [-0.05, 0) is 59.1 Å². The second kappa shape index (κ2) is 7.24. The Morgan fingerprint density at radius 3 is 2.70 bits per heavy atom. The summed E-state index contributed by atoms with van der Waals surface area (Å²) in [6.07, 6.45) is -0.191. The molecule has 27 heavy (non-hydrogen) atoms. The molecule has 1 aromatic heterocycles. The second-order valence-electron chi connectivity index (χ2n) is 6.79. The highest BCUT2D eigenvalue weighted by atomic mass is 32.2. The van der Waals surface area contributed by atoms with Gasteiger partial charge in [0.25, 0.3) is 0 Å². The molecule has 0 radical (unpaired) electrons. The number of rotatable bonds is 7. The van der Waals surface area contributed by atoms with E-state index in [1.165, 1.54) is 4.70 Å². The minimum Gasteiger partial charge on any atom is -0.497 e. The van der Waals surface area contributed by atoms with Crippen LogP contribution in [-0.2, 0) is 20.4 Å². The highest BCUT2D eigenvalue weighted by Crippen LogP contribution is 2.39. The molecule has 0 N–H and O–H groups in total. The molecule has 3 unspecified atom stereocenters. The molecular formula is C20H21NO4S2. The maximum atomic E-state index is 12.6. The SMILES string of the molecule is COc1ccc(C2ON2C(C)CS(=O)(=O)Cc2ccc3sccc3c2)cc1. The standard InChI is InChI=1S/C20H21NO4S2/c1-14(21-20(25-21)16-4-6-18(24-2)7-5-16)12-27(22,23)13-15-3-8-19-17(11-15)9-10-26-19/h3-11,14,20H,12-13H2,1-2H3. The molecule has 0 aliphatic carbocycles. The van der Waals surface area contributed by atoms with E-state index in [1.807, 2.05) is 60.8 Å². The molecule has 3 atom stereocenters. The maximum absolute atomic E-state index is 12.6. The minimum atomic E-state index is -3.25. The van der Waals surface area contributed by atoms with E-state index >= 15 is 0 Å². The summed E-state index contributed by atoms with van der Waals surface area (Å²) < 4.78 is 31.6. The number of thiophene rings is 1. The number of methoxy groups -OCH3 is 1. The van der Waals surface area contributed by atoms with E-state index in [4.69, 9.17) is 9.57 Å². The molecule has 5 nitrogen and oxygen atoms in total. The number of hydrogen-bond donors (Lipinski definition) is 0. The Morgan fingerprint density at radius 2 is 1.96 bits per heavy atom. The predicted octanol–water partition coefficient (Wildman–Crippen LogP) is 4.16. The van der Waals surface area contributed by atoms with Crippen LogP contribution in [0.2, 0.25) is 0 Å². The van der Waals surface area contributed by atoms with Gasteiger partial charge < -0.3 is 4.74 Å². The van der Waals surface area contributed by atoms with Crippen LogP contribution in [0.4, 0.5) is 0 Å². The summed E-state index contributed by atoms with van der Waals surface area (Å²) in [7, 11) is -1.62. The summed E-state index contributed by atoms with van der Waals surface area (Å²) in [5, 5.41) is 4.85. The molecule has 1 fully saturated rings. The Kier molecular flexibility index (Phi) is 4.94. The van der Waals surface area contributed by atoms with Crippen LogP contribution >= 0.6 is 11.3 Å². The first-order chi connectivity index (χ1) is 12.9. The Hall–Kier alpha value is -1.93. The van der Waals surface area contributed by atoms with E-state index in [1.54, 1.807) is 23.5 Å². The summed E-state index contributed by atoms with van der Waals surface area (Å²) in [5.74, 6) is 0.884. The summed E-state index contributed by atoms with van der Waals surface area (Å²) in [6.45, 7) is 1.88. The van der Waals surface area contributed by atoms with Gasteiger partial charge in [-0.25, -0.2) is 8.42 Å². The monoisotopic (exact) mass is 403 g/mol. The lowest BCUT2D eigenvalue weighted by molar-refractivity contribution is 0.165. The zero-order valence-corrected chi connectivity index (χ0v) is 16.8. The number of benzene rings is 2. The highest BCUT2D eigenvalue weighted by Gasteiger charge is 2.43. The molecule has 0 amide bonds. The van der Waals surface area contributed by atoms with E-state index in [-0.39, 0.29) is 23.8 Å². The fourth-order valence-corrected chi connectivity index (χ4v) is 5.72. The second-order valence-corrected chi connectivity index (χ2v) is 9.84. The van der Waals surface area contributed by atoms with E-state index < -0.39 is 9.84 Å². The maximum Gasteiger partial charge on any atom is 0.180 e. The third kappa shape index (κ3) is 4.16. The van der Waals surface area contributed by atoms with Crippen molar-refractivity contribution in [3.63, 3.8) is 0 Å². The van der Waals surface area contributed by atoms with Crippen LogP contribution in [0.5, 0.6) is 5.75 Å². The van der Waals surface area contributed by atoms with Gasteiger partial charge in [-0.1, -0.05) is 18.2 Å². The van der Waals surface area contributed by atoms with Gasteiger partial charge in [0.2, 0.25) is 0 Å². The van der Waals surface area contributed by atoms with Crippen molar-refractivity contribution in [2.75, 3.05) is 12.9 Å². The van der Waals surface area contributed by atoms with Crippen molar-refractivity contribution in [3.8, 4) is 5.75 Å². The molecule has 2 aromatic carbocycles. The van der Waals surface area contributed by atoms with E-state index in [0.29, 0.717) is 0 Å². The van der Waals surface area contributed by atoms with Crippen LogP contribution in [0.1, 0.15) is 24.3 Å². The van der Waals surface area contributed by atoms with Crippen molar-refractivity contribution in [3.05, 3.63) is 65.0 Å². The first-order valence-electron chi connectivity index (χ1n) is 8.71. The van der Waals surface area contributed by atoms with Gasteiger partial charge in [0, 0.05) is 10.7 Å². The number of nitrogens with zero attached hydrogens (tertiary/aromatic N) is 1. The highest BCUT2D eigenvalue weighted by molar-refractivity contribution is 7.90. The van der Waals surface area contributed by atoms with Crippen molar-refractivity contribution in [1.29, 1.82) is 0 Å². The topological polar surface area (TPSA) is 58.9 Å². The van der Waals surface area contributed by atoms with Gasteiger partial charge in [0.15, 0.2) is 16.1 Å². The molecule has 4 rings (SSSR count). The Labute approximate surface area is 163 Å². The van der Waals surface area contributed by atoms with Crippen LogP contribution in [0, 0.1) is 0 Å². The van der Waals surface area contributed by atoms with Crippen LogP contribution < -0.4 is 4.74 Å². The molecule has 1 aliphatic rings. The predicted molar refractivity (Wildman–Crippen MR) is 107 cm³/mol. The molecule has 3 aromatic rings. The normalized spacial score (nSPS) is 20.5. The Balaban J connectivity index is 1.38. The Bertz CT molecular complexity index is 1040. The number of fused-ring (bicyclic) bond motifs is 1. The zero-order chi connectivity index (χ0) is 19.0. The molecule has 1 saturated heterocycles. The van der Waals surface area contributed by atoms with Crippen molar-refractivity contribution in [2.24, 2.45) is 0 Å². The number of hydroxylamine groups is 2. The smallest absolute Gasteiger partial charge is 0.180 e. The Morgan fingerprint density at radius 1 is 1.19 bits per heavy atom. The quantitative estimate of drug-likeness (QED) is 0.555. The van der Waals surface area contributed by atoms with E-state index in [9.17, 15) is 8.42 Å². The van der Waals surface area contributed by atoms with Crippen LogP contribution in [0.3, 0.4) is 0 Å². The lowest BCUT2D eigenvalue weighted by atomic mass is 10.2. The lowest BCUT2D eigenvalue weighted by Crippen LogP contribution is -2.26. The minimum absolute atomic E-state index is 0.0458. The van der Waals surface area contributed by atoms with Gasteiger partial charge in [0.05, 0.1) is 18.6 Å². The first-order valence-corrected chi connectivity index (χ1v) is 11.4. The number of ether oxygens (including phenoxy) is 1. The molecule has 7 heteroatoms. The molecule has 0 saturated carbocycles. The molecule has 1 aliphatic heterocycles. The number of sulfone groups is 1. The number of hydrogen-bond acceptors (Lipinski definition) is 6. The van der Waals surface area contributed by atoms with Crippen LogP contribution in [-0.4, -0.2) is 32.4 Å². The first kappa shape index (κ1) is 18.4. The molecule has 0 spiro atoms. The van der Waals surface area contributed by atoms with Crippen molar-refractivity contribution < 1.29 is 18.0 Å². The summed E-state index contributed by atoms with van der Waals surface area (Å²) in [6, 6.07) is 15.3. The van der Waals surface area contributed by atoms with Gasteiger partial charge in [-0.2, -0.15) is 0 Å². The largest absolute Gasteiger partial charge is 0.497 e. The van der Waals surface area contributed by atoms with Crippen molar-refractivity contribution in [2.45, 2.75) is 24.9 Å². The summed E-state index contributed by atoms with van der Waals surface area (Å²) in [5.41, 5.74) is 1.81. The van der Waals surface area contributed by atoms with Gasteiger partial charge in [0.1, 0.15) is 5.75 Å². The summed E-state index contributed by atoms with van der Waals surface area (Å²) in [4.78, 5) is 5.61. The fourth-order valence-electron chi connectivity index (χ4n) is 3.26. The van der Waals surface area contributed by atoms with Crippen molar-refractivity contribution in [1.82, 2.24) is 5.06 Å². The average Bonchev–Trinajstić information content (AvgIpc) is 3.32. The molecule has 142 valence electrons. The zero-order valence-electron chi connectivity index (χ0n) is 15.2. The molecule has 0 bridgehead atoms. The lowest BCUT2D eigenvalue weighted by Gasteiger charge is -2.11. The van der Waals surface area contributed by atoms with Gasteiger partial charge >= 0.3 is 0 Å². The summed E-state index contributed by atoms with van der Waals surface area (Å²) >= 11 is 1.66. The third-order valence-electron chi connectivity index (χ3n) is 4.64. The van der Waals surface area contributed by atoms with E-state index in [0.717, 1.165) is 22.3 Å². The van der Waals surface area contributed by atoms with Crippen LogP contribution in [0.25, 0.3) is 10.1 Å². The molecule has 2 heterocycles. The average molecular weight is 404 g/mol. The van der Waals surface area contributed by atoms with Gasteiger partial charge in [-0.15, -0.1) is 16.4 Å². The van der Waals surface area contributed by atoms with Crippen LogP contribution in [0.15, 0.2) is 53.9 Å². The van der Waals surface area contributed by atoms with E-state index in [2.05, 4.69) is 0 Å².